The van der Waals surface area contributed by atoms with Gasteiger partial charge in [-0.25, -0.2) is 4.39 Å². The SMILES string of the molecule is O=C(CS/C(Br)=C/F)Nc1cccc2ccccc12. The van der Waals surface area contributed by atoms with Crippen LogP contribution in [0.5, 0.6) is 0 Å². The Bertz CT molecular complexity index is 624. The normalized spacial score (nSPS) is 11.6. The van der Waals surface area contributed by atoms with E-state index in [-0.39, 0.29) is 11.7 Å². The summed E-state index contributed by atoms with van der Waals surface area (Å²) in [5.41, 5.74) is 0.768. The van der Waals surface area contributed by atoms with Gasteiger partial charge in [-0.15, -0.1) is 11.8 Å². The van der Waals surface area contributed by atoms with E-state index in [2.05, 4.69) is 21.2 Å². The van der Waals surface area contributed by atoms with Gasteiger partial charge in [0, 0.05) is 11.1 Å². The summed E-state index contributed by atoms with van der Waals surface area (Å²) in [6.45, 7) is 0. The first-order valence-corrected chi connectivity index (χ1v) is 7.35. The molecule has 98 valence electrons. The molecule has 0 spiro atoms. The molecule has 0 saturated heterocycles. The highest BCUT2D eigenvalue weighted by Crippen LogP contribution is 2.25. The van der Waals surface area contributed by atoms with Crippen LogP contribution in [0.15, 0.2) is 52.6 Å². The van der Waals surface area contributed by atoms with Gasteiger partial charge in [0.15, 0.2) is 0 Å². The van der Waals surface area contributed by atoms with Gasteiger partial charge in [-0.2, -0.15) is 0 Å². The van der Waals surface area contributed by atoms with Gasteiger partial charge in [0.05, 0.1) is 9.57 Å². The van der Waals surface area contributed by atoms with Gasteiger partial charge in [-0.05, 0) is 27.4 Å². The summed E-state index contributed by atoms with van der Waals surface area (Å²) in [6.07, 6.45) is 0.426. The van der Waals surface area contributed by atoms with E-state index in [0.717, 1.165) is 28.2 Å². The molecule has 0 heterocycles. The van der Waals surface area contributed by atoms with Gasteiger partial charge in [-0.3, -0.25) is 4.79 Å². The highest BCUT2D eigenvalue weighted by Gasteiger charge is 2.06. The van der Waals surface area contributed by atoms with E-state index in [4.69, 9.17) is 0 Å². The second-order valence-electron chi connectivity index (χ2n) is 3.78. The maximum absolute atomic E-state index is 12.1. The minimum Gasteiger partial charge on any atom is -0.325 e. The van der Waals surface area contributed by atoms with Gasteiger partial charge in [0.25, 0.3) is 0 Å². The second kappa shape index (κ2) is 6.73. The number of hydrogen-bond donors (Lipinski definition) is 1. The molecule has 0 aliphatic carbocycles. The van der Waals surface area contributed by atoms with Crippen LogP contribution in [-0.4, -0.2) is 11.7 Å². The minimum atomic E-state index is -0.167. The molecule has 0 unspecified atom stereocenters. The number of carbonyl (C=O) groups is 1. The van der Waals surface area contributed by atoms with Crippen LogP contribution < -0.4 is 5.32 Å². The Morgan fingerprint density at radius 1 is 1.26 bits per heavy atom. The largest absolute Gasteiger partial charge is 0.325 e. The molecule has 1 N–H and O–H groups in total. The molecule has 0 radical (unpaired) electrons. The van der Waals surface area contributed by atoms with E-state index in [1.165, 1.54) is 0 Å². The van der Waals surface area contributed by atoms with Crippen LogP contribution in [0.4, 0.5) is 10.1 Å². The second-order valence-corrected chi connectivity index (χ2v) is 6.17. The maximum atomic E-state index is 12.1. The van der Waals surface area contributed by atoms with Crippen molar-refractivity contribution in [2.75, 3.05) is 11.1 Å². The first-order chi connectivity index (χ1) is 9.20. The van der Waals surface area contributed by atoms with Crippen LogP contribution in [0, 0.1) is 0 Å². The first kappa shape index (κ1) is 14.1. The lowest BCUT2D eigenvalue weighted by Gasteiger charge is -2.08. The summed E-state index contributed by atoms with van der Waals surface area (Å²) in [6, 6.07) is 13.6. The van der Waals surface area contributed by atoms with Gasteiger partial charge in [-0.1, -0.05) is 36.4 Å². The fourth-order valence-electron chi connectivity index (χ4n) is 1.69. The number of thioether (sulfide) groups is 1. The molecule has 2 aromatic rings. The quantitative estimate of drug-likeness (QED) is 0.876. The number of halogens is 2. The molecule has 2 rings (SSSR count). The smallest absolute Gasteiger partial charge is 0.234 e. The lowest BCUT2D eigenvalue weighted by Crippen LogP contribution is -2.14. The number of nitrogens with one attached hydrogen (secondary N) is 1. The predicted octanol–water partition coefficient (Wildman–Crippen LogP) is 4.67. The average molecular weight is 340 g/mol. The standard InChI is InChI=1S/C14H11BrFNOS/c15-13(8-16)19-9-14(18)17-12-7-3-5-10-4-1-2-6-11(10)12/h1-8H,9H2,(H,17,18)/b13-8+. The lowest BCUT2D eigenvalue weighted by molar-refractivity contribution is -0.113. The third-order valence-electron chi connectivity index (χ3n) is 2.49. The number of amides is 1. The molecule has 0 bridgehead atoms. The van der Waals surface area contributed by atoms with E-state index >= 15 is 0 Å². The topological polar surface area (TPSA) is 29.1 Å². The summed E-state index contributed by atoms with van der Waals surface area (Å²) in [5.74, 6) is -0.00956. The molecule has 0 aliphatic rings. The van der Waals surface area contributed by atoms with E-state index in [1.54, 1.807) is 0 Å². The van der Waals surface area contributed by atoms with Gasteiger partial charge in [0.1, 0.15) is 6.33 Å². The fourth-order valence-corrected chi connectivity index (χ4v) is 2.43. The summed E-state index contributed by atoms with van der Waals surface area (Å²) in [5, 5.41) is 4.89. The molecule has 19 heavy (non-hydrogen) atoms. The van der Waals surface area contributed by atoms with Crippen molar-refractivity contribution in [1.82, 2.24) is 0 Å². The van der Waals surface area contributed by atoms with Crippen LogP contribution in [0.1, 0.15) is 0 Å². The third-order valence-corrected chi connectivity index (χ3v) is 4.12. The van der Waals surface area contributed by atoms with Crippen molar-refractivity contribution >= 4 is 50.1 Å². The summed E-state index contributed by atoms with van der Waals surface area (Å²) in [7, 11) is 0. The Hall–Kier alpha value is -1.33. The molecule has 0 aliphatic heterocycles. The zero-order valence-corrected chi connectivity index (χ0v) is 12.3. The molecular weight excluding hydrogens is 329 g/mol. The fraction of sp³-hybridized carbons (Fsp3) is 0.0714. The average Bonchev–Trinajstić information content (AvgIpc) is 2.45. The molecule has 5 heteroatoms. The first-order valence-electron chi connectivity index (χ1n) is 5.57. The van der Waals surface area contributed by atoms with Gasteiger partial charge >= 0.3 is 0 Å². The van der Waals surface area contributed by atoms with Crippen LogP contribution in [0.25, 0.3) is 10.8 Å². The number of rotatable bonds is 4. The van der Waals surface area contributed by atoms with Crippen LogP contribution >= 0.6 is 27.7 Å². The maximum Gasteiger partial charge on any atom is 0.234 e. The predicted molar refractivity (Wildman–Crippen MR) is 83.2 cm³/mol. The van der Waals surface area contributed by atoms with E-state index in [1.807, 2.05) is 42.5 Å². The third kappa shape index (κ3) is 3.81. The Morgan fingerprint density at radius 2 is 2.00 bits per heavy atom. The monoisotopic (exact) mass is 339 g/mol. The van der Waals surface area contributed by atoms with Gasteiger partial charge < -0.3 is 5.32 Å². The summed E-state index contributed by atoms with van der Waals surface area (Å²) < 4.78 is 12.4. The number of anilines is 1. The zero-order valence-electron chi connectivity index (χ0n) is 9.90. The Balaban J connectivity index is 2.11. The Labute approximate surface area is 123 Å². The van der Waals surface area contributed by atoms with E-state index in [0.29, 0.717) is 10.1 Å². The van der Waals surface area contributed by atoms with Crippen molar-refractivity contribution in [3.63, 3.8) is 0 Å². The number of fused-ring (bicyclic) bond motifs is 1. The Morgan fingerprint density at radius 3 is 2.79 bits per heavy atom. The molecule has 0 saturated carbocycles. The minimum absolute atomic E-state index is 0.157. The van der Waals surface area contributed by atoms with Crippen LogP contribution in [-0.2, 0) is 4.79 Å². The molecule has 0 aromatic heterocycles. The van der Waals surface area contributed by atoms with Crippen molar-refractivity contribution in [3.8, 4) is 0 Å². The number of benzene rings is 2. The van der Waals surface area contributed by atoms with Crippen molar-refractivity contribution in [1.29, 1.82) is 0 Å². The summed E-state index contributed by atoms with van der Waals surface area (Å²) >= 11 is 4.10. The number of carbonyl (C=O) groups excluding carboxylic acids is 1. The molecule has 2 nitrogen and oxygen atoms in total. The number of hydrogen-bond acceptors (Lipinski definition) is 2. The van der Waals surface area contributed by atoms with E-state index < -0.39 is 0 Å². The van der Waals surface area contributed by atoms with Crippen molar-refractivity contribution in [3.05, 3.63) is 52.6 Å². The molecule has 1 amide bonds. The lowest BCUT2D eigenvalue weighted by atomic mass is 10.1. The highest BCUT2D eigenvalue weighted by atomic mass is 79.9. The van der Waals surface area contributed by atoms with Crippen molar-refractivity contribution in [2.45, 2.75) is 0 Å². The summed E-state index contributed by atoms with van der Waals surface area (Å²) in [4.78, 5) is 11.8. The Kier molecular flexibility index (Phi) is 4.99. The molecular formula is C14H11BrFNOS. The zero-order chi connectivity index (χ0) is 13.7. The van der Waals surface area contributed by atoms with Gasteiger partial charge in [0.2, 0.25) is 5.91 Å². The van der Waals surface area contributed by atoms with Crippen molar-refractivity contribution < 1.29 is 9.18 Å². The van der Waals surface area contributed by atoms with Crippen LogP contribution in [0.3, 0.4) is 0 Å². The molecule has 2 aromatic carbocycles. The highest BCUT2D eigenvalue weighted by molar-refractivity contribution is 9.14. The van der Waals surface area contributed by atoms with Crippen LogP contribution in [0.2, 0.25) is 0 Å². The molecule has 0 fully saturated rings. The van der Waals surface area contributed by atoms with E-state index in [9.17, 15) is 9.18 Å². The van der Waals surface area contributed by atoms with Crippen molar-refractivity contribution in [2.24, 2.45) is 0 Å². The molecule has 0 atom stereocenters.